The van der Waals surface area contributed by atoms with Crippen LogP contribution in [0.4, 0.5) is 0 Å². The van der Waals surface area contributed by atoms with Crippen molar-refractivity contribution in [1.82, 2.24) is 15.5 Å². The molecule has 6 heteroatoms. The van der Waals surface area contributed by atoms with E-state index in [9.17, 15) is 9.59 Å². The number of carbonyl (C=O) groups excluding carboxylic acids is 2. The number of nitrogens with zero attached hydrogens (tertiary/aromatic N) is 2. The molecular weight excluding hydrogens is 196 g/mol. The van der Waals surface area contributed by atoms with Gasteiger partial charge in [-0.1, -0.05) is 0 Å². The van der Waals surface area contributed by atoms with Crippen molar-refractivity contribution in [3.63, 3.8) is 0 Å². The van der Waals surface area contributed by atoms with E-state index in [1.807, 2.05) is 6.07 Å². The molecule has 2 amide bonds. The molecule has 0 aliphatic heterocycles. The van der Waals surface area contributed by atoms with Gasteiger partial charge in [-0.3, -0.25) is 14.9 Å². The van der Waals surface area contributed by atoms with Crippen molar-refractivity contribution in [1.29, 1.82) is 5.26 Å². The van der Waals surface area contributed by atoms with Crippen LogP contribution in [-0.4, -0.2) is 50.4 Å². The number of rotatable bonds is 6. The van der Waals surface area contributed by atoms with Crippen LogP contribution >= 0.6 is 0 Å². The van der Waals surface area contributed by atoms with Crippen LogP contribution < -0.4 is 10.6 Å². The molecule has 0 bridgehead atoms. The quantitative estimate of drug-likeness (QED) is 0.536. The fourth-order valence-electron chi connectivity index (χ4n) is 0.761. The van der Waals surface area contributed by atoms with E-state index in [4.69, 9.17) is 5.26 Å². The van der Waals surface area contributed by atoms with Crippen molar-refractivity contribution in [3.8, 4) is 6.07 Å². The van der Waals surface area contributed by atoms with E-state index < -0.39 is 0 Å². The molecule has 0 atom stereocenters. The van der Waals surface area contributed by atoms with Crippen LogP contribution in [0.5, 0.6) is 0 Å². The van der Waals surface area contributed by atoms with Gasteiger partial charge in [0.2, 0.25) is 11.8 Å². The molecule has 0 fully saturated rings. The highest BCUT2D eigenvalue weighted by Crippen LogP contribution is 1.76. The fourth-order valence-corrected chi connectivity index (χ4v) is 0.761. The highest BCUT2D eigenvalue weighted by atomic mass is 16.2. The molecule has 15 heavy (non-hydrogen) atoms. The molecule has 0 saturated heterocycles. The van der Waals surface area contributed by atoms with Crippen LogP contribution in [-0.2, 0) is 9.59 Å². The third-order valence-corrected chi connectivity index (χ3v) is 1.62. The summed E-state index contributed by atoms with van der Waals surface area (Å²) in [6.07, 6.45) is 0.294. The topological polar surface area (TPSA) is 85.2 Å². The molecule has 6 nitrogen and oxygen atoms in total. The van der Waals surface area contributed by atoms with E-state index in [1.54, 1.807) is 14.1 Å². The number of nitrogens with one attached hydrogen (secondary N) is 2. The highest BCUT2D eigenvalue weighted by molar-refractivity contribution is 5.80. The van der Waals surface area contributed by atoms with E-state index in [0.717, 1.165) is 0 Å². The average molecular weight is 212 g/mol. The zero-order valence-electron chi connectivity index (χ0n) is 9.04. The van der Waals surface area contributed by atoms with Gasteiger partial charge in [0.15, 0.2) is 0 Å². The molecule has 0 saturated carbocycles. The first kappa shape index (κ1) is 13.4. The molecular formula is C9H16N4O2. The Morgan fingerprint density at radius 1 is 1.33 bits per heavy atom. The van der Waals surface area contributed by atoms with Crippen molar-refractivity contribution < 1.29 is 9.59 Å². The summed E-state index contributed by atoms with van der Waals surface area (Å²) in [5.74, 6) is -0.295. The summed E-state index contributed by atoms with van der Waals surface area (Å²) in [6, 6.07) is 1.92. The fraction of sp³-hybridized carbons (Fsp3) is 0.667. The molecule has 0 rings (SSSR count). The van der Waals surface area contributed by atoms with Gasteiger partial charge in [0.25, 0.3) is 0 Å². The summed E-state index contributed by atoms with van der Waals surface area (Å²) in [5.41, 5.74) is 0. The van der Waals surface area contributed by atoms with E-state index >= 15 is 0 Å². The lowest BCUT2D eigenvalue weighted by Gasteiger charge is -2.10. The van der Waals surface area contributed by atoms with E-state index in [0.29, 0.717) is 13.0 Å². The number of hydrogen-bond donors (Lipinski definition) is 2. The Labute approximate surface area is 89.2 Å². The Hall–Kier alpha value is -1.61. The number of amides is 2. The first-order valence-electron chi connectivity index (χ1n) is 4.62. The molecule has 0 aromatic heterocycles. The second kappa shape index (κ2) is 7.76. The van der Waals surface area contributed by atoms with Crippen LogP contribution in [0.3, 0.4) is 0 Å². The van der Waals surface area contributed by atoms with Gasteiger partial charge in [0.1, 0.15) is 0 Å². The monoisotopic (exact) mass is 212 g/mol. The Balaban J connectivity index is 3.48. The molecule has 2 N–H and O–H groups in total. The molecule has 0 spiro atoms. The molecule has 0 heterocycles. The molecule has 0 aliphatic carbocycles. The third kappa shape index (κ3) is 7.46. The van der Waals surface area contributed by atoms with Crippen molar-refractivity contribution in [2.24, 2.45) is 0 Å². The van der Waals surface area contributed by atoms with Crippen LogP contribution in [0, 0.1) is 11.3 Å². The maximum absolute atomic E-state index is 11.1. The Bertz CT molecular complexity index is 257. The Morgan fingerprint density at radius 2 is 2.00 bits per heavy atom. The van der Waals surface area contributed by atoms with Crippen LogP contribution in [0.1, 0.15) is 6.42 Å². The Kier molecular flexibility index (Phi) is 6.93. The van der Waals surface area contributed by atoms with Crippen molar-refractivity contribution in [2.75, 3.05) is 33.7 Å². The second-order valence-corrected chi connectivity index (χ2v) is 3.15. The first-order chi connectivity index (χ1) is 7.07. The number of likely N-dealkylation sites (N-methyl/N-ethyl adjacent to an activating group) is 1. The van der Waals surface area contributed by atoms with Gasteiger partial charge in [-0.15, -0.1) is 0 Å². The van der Waals surface area contributed by atoms with Crippen molar-refractivity contribution in [3.05, 3.63) is 0 Å². The van der Waals surface area contributed by atoms with E-state index in [2.05, 4.69) is 10.6 Å². The summed E-state index contributed by atoms with van der Waals surface area (Å²) in [4.78, 5) is 23.6. The average Bonchev–Trinajstić information content (AvgIpc) is 2.18. The summed E-state index contributed by atoms with van der Waals surface area (Å²) in [5, 5.41) is 13.5. The predicted octanol–water partition coefficient (Wildman–Crippen LogP) is -1.31. The molecule has 0 radical (unpaired) electrons. The Morgan fingerprint density at radius 3 is 2.53 bits per heavy atom. The predicted molar refractivity (Wildman–Crippen MR) is 54.8 cm³/mol. The van der Waals surface area contributed by atoms with E-state index in [1.165, 1.54) is 4.90 Å². The number of nitriles is 1. The molecule has 0 unspecified atom stereocenters. The normalized spacial score (nSPS) is 9.13. The maximum Gasteiger partial charge on any atom is 0.236 e. The lowest BCUT2D eigenvalue weighted by atomic mass is 10.4. The van der Waals surface area contributed by atoms with E-state index in [-0.39, 0.29) is 24.9 Å². The summed E-state index contributed by atoms with van der Waals surface area (Å²) < 4.78 is 0. The van der Waals surface area contributed by atoms with Crippen molar-refractivity contribution in [2.45, 2.75) is 6.42 Å². The van der Waals surface area contributed by atoms with Gasteiger partial charge in [-0.05, 0) is 0 Å². The SMILES string of the molecule is CN(C)C(=O)CNCC(=O)NCCC#N. The zero-order chi connectivity index (χ0) is 11.7. The smallest absolute Gasteiger partial charge is 0.236 e. The minimum absolute atomic E-state index is 0.0835. The summed E-state index contributed by atoms with van der Waals surface area (Å²) >= 11 is 0. The first-order valence-corrected chi connectivity index (χ1v) is 4.62. The van der Waals surface area contributed by atoms with Gasteiger partial charge in [-0.25, -0.2) is 0 Å². The van der Waals surface area contributed by atoms with Gasteiger partial charge in [0, 0.05) is 20.6 Å². The van der Waals surface area contributed by atoms with Gasteiger partial charge in [-0.2, -0.15) is 5.26 Å². The highest BCUT2D eigenvalue weighted by Gasteiger charge is 2.04. The van der Waals surface area contributed by atoms with Gasteiger partial charge < -0.3 is 10.2 Å². The summed E-state index contributed by atoms with van der Waals surface area (Å²) in [7, 11) is 3.30. The lowest BCUT2D eigenvalue weighted by Crippen LogP contribution is -2.39. The zero-order valence-corrected chi connectivity index (χ0v) is 9.04. The standard InChI is InChI=1S/C9H16N4O2/c1-13(2)9(15)7-11-6-8(14)12-5-3-4-10/h11H,3,5-7H2,1-2H3,(H,12,14). The number of hydrogen-bond acceptors (Lipinski definition) is 4. The second-order valence-electron chi connectivity index (χ2n) is 3.15. The largest absolute Gasteiger partial charge is 0.354 e. The van der Waals surface area contributed by atoms with Crippen molar-refractivity contribution >= 4 is 11.8 Å². The van der Waals surface area contributed by atoms with Gasteiger partial charge in [0.05, 0.1) is 25.6 Å². The van der Waals surface area contributed by atoms with Crippen LogP contribution in [0.2, 0.25) is 0 Å². The van der Waals surface area contributed by atoms with Crippen LogP contribution in [0.15, 0.2) is 0 Å². The molecule has 0 aromatic carbocycles. The third-order valence-electron chi connectivity index (χ3n) is 1.62. The lowest BCUT2D eigenvalue weighted by molar-refractivity contribution is -0.127. The number of carbonyl (C=O) groups is 2. The minimum Gasteiger partial charge on any atom is -0.354 e. The molecule has 0 aliphatic rings. The van der Waals surface area contributed by atoms with Gasteiger partial charge >= 0.3 is 0 Å². The molecule has 84 valence electrons. The minimum atomic E-state index is -0.211. The summed E-state index contributed by atoms with van der Waals surface area (Å²) in [6.45, 7) is 0.572. The van der Waals surface area contributed by atoms with Crippen LogP contribution in [0.25, 0.3) is 0 Å². The maximum atomic E-state index is 11.1. The molecule has 0 aromatic rings.